The van der Waals surface area contributed by atoms with E-state index in [0.717, 1.165) is 12.0 Å². The molecule has 66 valence electrons. The number of aryl methyl sites for hydroxylation is 1. The highest BCUT2D eigenvalue weighted by Gasteiger charge is 2.13. The van der Waals surface area contributed by atoms with E-state index in [-0.39, 0.29) is 0 Å². The third kappa shape index (κ3) is 1.92. The molecule has 1 aromatic rings. The molecule has 0 saturated heterocycles. The van der Waals surface area contributed by atoms with E-state index in [0.29, 0.717) is 5.84 Å². The van der Waals surface area contributed by atoms with Crippen LogP contribution in [0.4, 0.5) is 0 Å². The Bertz CT molecular complexity index is 360. The highest BCUT2D eigenvalue weighted by atomic mass is 14.8. The Morgan fingerprint density at radius 2 is 2.15 bits per heavy atom. The monoisotopic (exact) mass is 173 g/mol. The van der Waals surface area contributed by atoms with Crippen LogP contribution in [-0.2, 0) is 6.42 Å². The Morgan fingerprint density at radius 1 is 1.46 bits per heavy atom. The summed E-state index contributed by atoms with van der Waals surface area (Å²) < 4.78 is 3.82. The molecular formula is C11H13N2+. The van der Waals surface area contributed by atoms with Gasteiger partial charge in [-0.05, 0) is 23.0 Å². The van der Waals surface area contributed by atoms with Gasteiger partial charge in [0, 0.05) is 0 Å². The summed E-state index contributed by atoms with van der Waals surface area (Å²) in [6.45, 7) is 9.03. The van der Waals surface area contributed by atoms with Crippen molar-refractivity contribution in [1.82, 2.24) is 4.67 Å². The third-order valence-electron chi connectivity index (χ3n) is 1.94. The lowest BCUT2D eigenvalue weighted by Crippen LogP contribution is -2.03. The van der Waals surface area contributed by atoms with Gasteiger partial charge >= 0.3 is 5.84 Å². The van der Waals surface area contributed by atoms with Crippen LogP contribution in [-0.4, -0.2) is 19.3 Å². The first kappa shape index (κ1) is 9.43. The number of rotatable bonds is 2. The van der Waals surface area contributed by atoms with Gasteiger partial charge in [-0.3, -0.25) is 0 Å². The van der Waals surface area contributed by atoms with E-state index in [1.165, 1.54) is 5.56 Å². The van der Waals surface area contributed by atoms with Crippen molar-refractivity contribution in [3.63, 3.8) is 0 Å². The van der Waals surface area contributed by atoms with Crippen molar-refractivity contribution in [2.24, 2.45) is 4.99 Å². The predicted molar refractivity (Wildman–Crippen MR) is 58.7 cm³/mol. The van der Waals surface area contributed by atoms with E-state index in [2.05, 4.69) is 36.1 Å². The molecule has 2 nitrogen and oxygen atoms in total. The standard InChI is InChI=1S/C11H13N2/c1-4-9-7-5-6-8-10(9)11(12-2)13-3/h5-8H,2-4H2,1H3/q+1. The summed E-state index contributed by atoms with van der Waals surface area (Å²) in [6.07, 6.45) is 0.963. The molecule has 0 aliphatic heterocycles. The molecular weight excluding hydrogens is 160 g/mol. The molecule has 0 aromatic heterocycles. The van der Waals surface area contributed by atoms with Gasteiger partial charge in [-0.1, -0.05) is 25.1 Å². The maximum atomic E-state index is 3.82. The van der Waals surface area contributed by atoms with Crippen molar-refractivity contribution in [3.05, 3.63) is 35.4 Å². The van der Waals surface area contributed by atoms with Crippen molar-refractivity contribution in [3.8, 4) is 0 Å². The van der Waals surface area contributed by atoms with Crippen LogP contribution in [0.5, 0.6) is 0 Å². The first-order valence-corrected chi connectivity index (χ1v) is 4.22. The van der Waals surface area contributed by atoms with Crippen LogP contribution < -0.4 is 4.67 Å². The lowest BCUT2D eigenvalue weighted by Gasteiger charge is -1.98. The van der Waals surface area contributed by atoms with Crippen molar-refractivity contribution in [2.75, 3.05) is 0 Å². The van der Waals surface area contributed by atoms with Crippen LogP contribution in [0, 0.1) is 0 Å². The summed E-state index contributed by atoms with van der Waals surface area (Å²) >= 11 is 0. The minimum Gasteiger partial charge on any atom is -0.215 e. The van der Waals surface area contributed by atoms with E-state index >= 15 is 0 Å². The van der Waals surface area contributed by atoms with Gasteiger partial charge in [0.1, 0.15) is 6.72 Å². The largest absolute Gasteiger partial charge is 0.420 e. The molecule has 0 N–H and O–H groups in total. The van der Waals surface area contributed by atoms with Gasteiger partial charge in [0.2, 0.25) is 0 Å². The molecule has 0 aliphatic carbocycles. The normalized spacial score (nSPS) is 9.00. The van der Waals surface area contributed by atoms with Crippen LogP contribution in [0.25, 0.3) is 0 Å². The van der Waals surface area contributed by atoms with E-state index in [4.69, 9.17) is 0 Å². The van der Waals surface area contributed by atoms with Gasteiger partial charge in [-0.25, -0.2) is 4.67 Å². The summed E-state index contributed by atoms with van der Waals surface area (Å²) in [6, 6.07) is 8.01. The van der Waals surface area contributed by atoms with Crippen LogP contribution in [0.1, 0.15) is 18.1 Å². The molecule has 0 bridgehead atoms. The zero-order chi connectivity index (χ0) is 9.68. The second kappa shape index (κ2) is 4.39. The molecule has 1 aromatic carbocycles. The van der Waals surface area contributed by atoms with Gasteiger partial charge in [-0.2, -0.15) is 0 Å². The quantitative estimate of drug-likeness (QED) is 0.368. The molecule has 1 rings (SSSR count). The van der Waals surface area contributed by atoms with Gasteiger partial charge in [0.15, 0.2) is 6.72 Å². The molecule has 0 unspecified atom stereocenters. The first-order valence-electron chi connectivity index (χ1n) is 4.22. The summed E-state index contributed by atoms with van der Waals surface area (Å²) in [7, 11) is 0. The second-order valence-electron chi connectivity index (χ2n) is 2.65. The summed E-state index contributed by atoms with van der Waals surface area (Å²) in [4.78, 5) is 3.82. The Morgan fingerprint density at radius 3 is 2.69 bits per heavy atom. The summed E-state index contributed by atoms with van der Waals surface area (Å²) in [5.74, 6) is 0.609. The summed E-state index contributed by atoms with van der Waals surface area (Å²) in [5, 5.41) is 0. The average molecular weight is 173 g/mol. The van der Waals surface area contributed by atoms with Crippen LogP contribution >= 0.6 is 0 Å². The first-order chi connectivity index (χ1) is 6.33. The zero-order valence-corrected chi connectivity index (χ0v) is 7.83. The average Bonchev–Trinajstić information content (AvgIpc) is 2.20. The van der Waals surface area contributed by atoms with Gasteiger partial charge < -0.3 is 0 Å². The Balaban J connectivity index is 3.27. The molecule has 0 aliphatic rings. The second-order valence-corrected chi connectivity index (χ2v) is 2.65. The molecule has 0 fully saturated rings. The number of hydrogen-bond acceptors (Lipinski definition) is 0. The van der Waals surface area contributed by atoms with Gasteiger partial charge in [-0.15, -0.1) is 0 Å². The SMILES string of the molecule is C=NC(=[N+]=C)c1ccccc1CC. The molecule has 0 spiro atoms. The lowest BCUT2D eigenvalue weighted by atomic mass is 10.0. The minimum absolute atomic E-state index is 0.609. The van der Waals surface area contributed by atoms with Crippen molar-refractivity contribution in [2.45, 2.75) is 13.3 Å². The Kier molecular flexibility index (Phi) is 3.18. The Hall–Kier alpha value is -1.66. The maximum Gasteiger partial charge on any atom is 0.420 e. The van der Waals surface area contributed by atoms with E-state index in [9.17, 15) is 0 Å². The maximum absolute atomic E-state index is 3.82. The van der Waals surface area contributed by atoms with E-state index < -0.39 is 0 Å². The van der Waals surface area contributed by atoms with E-state index in [1.54, 1.807) is 0 Å². The fourth-order valence-corrected chi connectivity index (χ4v) is 1.27. The molecule has 0 radical (unpaired) electrons. The number of amidine groups is 1. The summed E-state index contributed by atoms with van der Waals surface area (Å²) in [5.41, 5.74) is 2.24. The molecule has 0 atom stereocenters. The van der Waals surface area contributed by atoms with Crippen LogP contribution in [0.15, 0.2) is 29.3 Å². The molecule has 13 heavy (non-hydrogen) atoms. The lowest BCUT2D eigenvalue weighted by molar-refractivity contribution is 1.13. The van der Waals surface area contributed by atoms with Gasteiger partial charge in [0.25, 0.3) is 0 Å². The number of nitrogens with zero attached hydrogens (tertiary/aromatic N) is 2. The third-order valence-corrected chi connectivity index (χ3v) is 1.94. The number of aliphatic imine (C=N–C) groups is 1. The fraction of sp³-hybridized carbons (Fsp3) is 0.182. The molecule has 0 heterocycles. The predicted octanol–water partition coefficient (Wildman–Crippen LogP) is 1.46. The smallest absolute Gasteiger partial charge is 0.215 e. The van der Waals surface area contributed by atoms with Crippen molar-refractivity contribution >= 4 is 19.3 Å². The minimum atomic E-state index is 0.609. The van der Waals surface area contributed by atoms with Crippen LogP contribution in [0.2, 0.25) is 0 Å². The highest BCUT2D eigenvalue weighted by Crippen LogP contribution is 2.09. The molecule has 2 heteroatoms. The Labute approximate surface area is 78.4 Å². The highest BCUT2D eigenvalue weighted by molar-refractivity contribution is 6.02. The number of benzene rings is 1. The molecule has 0 amide bonds. The van der Waals surface area contributed by atoms with Gasteiger partial charge in [0.05, 0.1) is 5.56 Å². The van der Waals surface area contributed by atoms with Crippen molar-refractivity contribution in [1.29, 1.82) is 0 Å². The fourth-order valence-electron chi connectivity index (χ4n) is 1.27. The number of hydrogen-bond donors (Lipinski definition) is 0. The molecule has 0 saturated carbocycles. The zero-order valence-electron chi connectivity index (χ0n) is 7.83. The topological polar surface area (TPSA) is 26.5 Å². The van der Waals surface area contributed by atoms with E-state index in [1.807, 2.05) is 18.2 Å². The van der Waals surface area contributed by atoms with Crippen LogP contribution in [0.3, 0.4) is 0 Å². The van der Waals surface area contributed by atoms with Crippen molar-refractivity contribution < 1.29 is 0 Å².